The molecule has 3 atom stereocenters. The number of fused-ring (bicyclic) bond motifs is 2. The van der Waals surface area contributed by atoms with Gasteiger partial charge in [-0.3, -0.25) is 4.79 Å². The zero-order valence-corrected chi connectivity index (χ0v) is 15.0. The van der Waals surface area contributed by atoms with Gasteiger partial charge in [-0.05, 0) is 19.4 Å². The minimum Gasteiger partial charge on any atom is -0.455 e. The number of rotatable bonds is 5. The van der Waals surface area contributed by atoms with E-state index in [0.29, 0.717) is 18.1 Å². The summed E-state index contributed by atoms with van der Waals surface area (Å²) in [5.41, 5.74) is 0.856. The van der Waals surface area contributed by atoms with Gasteiger partial charge >= 0.3 is 5.97 Å². The second-order valence-electron chi connectivity index (χ2n) is 7.89. The van der Waals surface area contributed by atoms with Crippen LogP contribution in [-0.2, 0) is 9.53 Å². The molecule has 2 bridgehead atoms. The number of carbonyl (C=O) groups excluding carboxylic acids is 1. The van der Waals surface area contributed by atoms with Crippen molar-refractivity contribution in [2.24, 2.45) is 5.92 Å². The van der Waals surface area contributed by atoms with E-state index in [1.807, 2.05) is 30.3 Å². The second kappa shape index (κ2) is 6.85. The van der Waals surface area contributed by atoms with Crippen LogP contribution in [-0.4, -0.2) is 47.3 Å². The predicted molar refractivity (Wildman–Crippen MR) is 93.2 cm³/mol. The molecule has 0 radical (unpaired) electrons. The van der Waals surface area contributed by atoms with E-state index in [4.69, 9.17) is 4.74 Å². The molecule has 0 aromatic heterocycles. The highest BCUT2D eigenvalue weighted by atomic mass is 16.6. The molecule has 1 aromatic rings. The molecule has 2 aliphatic heterocycles. The van der Waals surface area contributed by atoms with Gasteiger partial charge in [0.1, 0.15) is 6.10 Å². The fraction of sp³-hybridized carbons (Fsp3) is 0.650. The maximum absolute atomic E-state index is 12.7. The molecule has 0 aliphatic carbocycles. The summed E-state index contributed by atoms with van der Waals surface area (Å²) >= 11 is 0. The van der Waals surface area contributed by atoms with Crippen LogP contribution in [0.3, 0.4) is 0 Å². The Hall–Kier alpha value is -1.39. The molecule has 0 amide bonds. The van der Waals surface area contributed by atoms with E-state index in [0.717, 1.165) is 22.9 Å². The standard InChI is InChI=1S/C20H30NO3/c1-14(2)21(3)17-9-10-18(21)12-16(11-17)20(23)24-19(13-22)15-7-5-4-6-8-15/h4-8,14,16-19,22H,9-13H2,1-3H3/q+1. The number of esters is 1. The van der Waals surface area contributed by atoms with Crippen molar-refractivity contribution >= 4 is 5.97 Å². The molecule has 2 fully saturated rings. The lowest BCUT2D eigenvalue weighted by atomic mass is 9.87. The topological polar surface area (TPSA) is 46.5 Å². The molecule has 2 saturated heterocycles. The van der Waals surface area contributed by atoms with Crippen molar-refractivity contribution < 1.29 is 19.1 Å². The maximum Gasteiger partial charge on any atom is 0.310 e. The number of hydrogen-bond donors (Lipinski definition) is 1. The van der Waals surface area contributed by atoms with Gasteiger partial charge in [0.2, 0.25) is 0 Å². The summed E-state index contributed by atoms with van der Waals surface area (Å²) in [6.07, 6.45) is 3.70. The van der Waals surface area contributed by atoms with E-state index in [2.05, 4.69) is 20.9 Å². The number of benzene rings is 1. The van der Waals surface area contributed by atoms with E-state index in [-0.39, 0.29) is 18.5 Å². The van der Waals surface area contributed by atoms with Crippen molar-refractivity contribution in [1.29, 1.82) is 0 Å². The first kappa shape index (κ1) is 17.4. The van der Waals surface area contributed by atoms with Crippen molar-refractivity contribution in [3.8, 4) is 0 Å². The Kier molecular flexibility index (Phi) is 4.97. The third kappa shape index (κ3) is 2.98. The summed E-state index contributed by atoms with van der Waals surface area (Å²) in [6.45, 7) is 4.41. The number of hydrogen-bond acceptors (Lipinski definition) is 3. The first-order chi connectivity index (χ1) is 11.5. The van der Waals surface area contributed by atoms with Gasteiger partial charge in [-0.2, -0.15) is 0 Å². The Morgan fingerprint density at radius 3 is 2.29 bits per heavy atom. The fourth-order valence-corrected chi connectivity index (χ4v) is 4.83. The molecule has 132 valence electrons. The van der Waals surface area contributed by atoms with Gasteiger partial charge in [-0.25, -0.2) is 0 Å². The average molecular weight is 332 g/mol. The van der Waals surface area contributed by atoms with Crippen LogP contribution >= 0.6 is 0 Å². The summed E-state index contributed by atoms with van der Waals surface area (Å²) in [5, 5.41) is 9.62. The van der Waals surface area contributed by atoms with Crippen LogP contribution in [0.2, 0.25) is 0 Å². The maximum atomic E-state index is 12.7. The number of piperidine rings is 1. The van der Waals surface area contributed by atoms with E-state index in [1.165, 1.54) is 12.8 Å². The van der Waals surface area contributed by atoms with Gasteiger partial charge < -0.3 is 14.3 Å². The van der Waals surface area contributed by atoms with Gasteiger partial charge in [0.25, 0.3) is 0 Å². The van der Waals surface area contributed by atoms with Gasteiger partial charge in [-0.1, -0.05) is 30.3 Å². The molecule has 4 nitrogen and oxygen atoms in total. The average Bonchev–Trinajstić information content (AvgIpc) is 2.77. The van der Waals surface area contributed by atoms with Gasteiger partial charge in [0.05, 0.1) is 37.7 Å². The quantitative estimate of drug-likeness (QED) is 0.666. The minimum absolute atomic E-state index is 0.0230. The monoisotopic (exact) mass is 332 g/mol. The Morgan fingerprint density at radius 2 is 1.79 bits per heavy atom. The molecule has 3 rings (SSSR count). The lowest BCUT2D eigenvalue weighted by Gasteiger charge is -2.49. The second-order valence-corrected chi connectivity index (χ2v) is 7.89. The smallest absolute Gasteiger partial charge is 0.310 e. The van der Waals surface area contributed by atoms with Crippen LogP contribution in [0.4, 0.5) is 0 Å². The van der Waals surface area contributed by atoms with Crippen LogP contribution in [0, 0.1) is 5.92 Å². The number of quaternary nitrogens is 1. The number of aliphatic hydroxyl groups is 1. The van der Waals surface area contributed by atoms with Crippen LogP contribution < -0.4 is 0 Å². The van der Waals surface area contributed by atoms with E-state index in [1.54, 1.807) is 0 Å². The summed E-state index contributed by atoms with van der Waals surface area (Å²) in [7, 11) is 2.36. The van der Waals surface area contributed by atoms with Crippen molar-refractivity contribution in [1.82, 2.24) is 0 Å². The highest BCUT2D eigenvalue weighted by molar-refractivity contribution is 5.73. The predicted octanol–water partition coefficient (Wildman–Crippen LogP) is 3.06. The minimum atomic E-state index is -0.552. The lowest BCUT2D eigenvalue weighted by molar-refractivity contribution is -0.968. The number of aliphatic hydroxyl groups excluding tert-OH is 1. The number of carbonyl (C=O) groups is 1. The Bertz CT molecular complexity index is 558. The zero-order chi connectivity index (χ0) is 17.3. The molecule has 2 heterocycles. The molecular weight excluding hydrogens is 302 g/mol. The Labute approximate surface area is 145 Å². The lowest BCUT2D eigenvalue weighted by Crippen LogP contribution is -2.61. The Balaban J connectivity index is 1.67. The summed E-state index contributed by atoms with van der Waals surface area (Å²) in [6, 6.07) is 11.2. The number of ether oxygens (including phenoxy) is 1. The van der Waals surface area contributed by atoms with E-state index < -0.39 is 6.10 Å². The number of nitrogens with zero attached hydrogens (tertiary/aromatic N) is 1. The summed E-state index contributed by atoms with van der Waals surface area (Å²) in [5.74, 6) is -0.157. The summed E-state index contributed by atoms with van der Waals surface area (Å²) < 4.78 is 6.79. The molecule has 1 N–H and O–H groups in total. The molecular formula is C20H30NO3+. The molecule has 4 heteroatoms. The molecule has 3 unspecified atom stereocenters. The van der Waals surface area contributed by atoms with Crippen LogP contribution in [0.1, 0.15) is 51.2 Å². The third-order valence-electron chi connectivity index (χ3n) is 6.56. The molecule has 0 spiro atoms. The van der Waals surface area contributed by atoms with Crippen LogP contribution in [0.25, 0.3) is 0 Å². The Morgan fingerprint density at radius 1 is 1.21 bits per heavy atom. The van der Waals surface area contributed by atoms with Crippen LogP contribution in [0.15, 0.2) is 30.3 Å². The highest BCUT2D eigenvalue weighted by Gasteiger charge is 2.54. The van der Waals surface area contributed by atoms with Crippen LogP contribution in [0.5, 0.6) is 0 Å². The summed E-state index contributed by atoms with van der Waals surface area (Å²) in [4.78, 5) is 12.7. The highest BCUT2D eigenvalue weighted by Crippen LogP contribution is 2.45. The zero-order valence-electron chi connectivity index (χ0n) is 15.0. The largest absolute Gasteiger partial charge is 0.455 e. The molecule has 0 saturated carbocycles. The van der Waals surface area contributed by atoms with Crippen molar-refractivity contribution in [3.05, 3.63) is 35.9 Å². The fourth-order valence-electron chi connectivity index (χ4n) is 4.83. The van der Waals surface area contributed by atoms with Gasteiger partial charge in [0, 0.05) is 25.7 Å². The van der Waals surface area contributed by atoms with Gasteiger partial charge in [-0.15, -0.1) is 0 Å². The first-order valence-corrected chi connectivity index (χ1v) is 9.18. The first-order valence-electron chi connectivity index (χ1n) is 9.18. The van der Waals surface area contributed by atoms with E-state index >= 15 is 0 Å². The molecule has 2 aliphatic rings. The van der Waals surface area contributed by atoms with Crippen molar-refractivity contribution in [2.75, 3.05) is 13.7 Å². The van der Waals surface area contributed by atoms with Gasteiger partial charge in [0.15, 0.2) is 0 Å². The molecule has 1 aromatic carbocycles. The van der Waals surface area contributed by atoms with Crippen molar-refractivity contribution in [2.45, 2.75) is 63.8 Å². The normalized spacial score (nSPS) is 33.5. The SMILES string of the molecule is CC(C)[N+]1(C)C2CCC1CC(C(=O)OC(CO)c1ccccc1)C2. The van der Waals surface area contributed by atoms with Crippen molar-refractivity contribution in [3.63, 3.8) is 0 Å². The van der Waals surface area contributed by atoms with E-state index in [9.17, 15) is 9.90 Å². The third-order valence-corrected chi connectivity index (χ3v) is 6.56. The molecule has 24 heavy (non-hydrogen) atoms.